The number of sulfonamides is 1. The number of aromatic nitrogens is 3. The molecule has 0 bridgehead atoms. The van der Waals surface area contributed by atoms with E-state index in [-0.39, 0.29) is 17.6 Å². The van der Waals surface area contributed by atoms with Crippen molar-refractivity contribution in [1.29, 1.82) is 0 Å². The molecular weight excluding hydrogens is 310 g/mol. The summed E-state index contributed by atoms with van der Waals surface area (Å²) in [4.78, 5) is 4.05. The lowest BCUT2D eigenvalue weighted by Gasteiger charge is -2.09. The fraction of sp³-hybridized carbons (Fsp3) is 0.500. The van der Waals surface area contributed by atoms with Gasteiger partial charge in [0.05, 0.1) is 6.54 Å². The van der Waals surface area contributed by atoms with E-state index in [1.165, 1.54) is 11.3 Å². The van der Waals surface area contributed by atoms with Crippen molar-refractivity contribution in [2.24, 2.45) is 0 Å². The maximum atomic E-state index is 12.4. The minimum atomic E-state index is -3.66. The average Bonchev–Trinajstić information content (AvgIpc) is 3.03. The van der Waals surface area contributed by atoms with Crippen molar-refractivity contribution in [1.82, 2.24) is 25.2 Å². The number of nitrogens with one attached hydrogen (secondary N) is 3. The van der Waals surface area contributed by atoms with Gasteiger partial charge in [0.25, 0.3) is 10.0 Å². The molecular formula is C12H19N5O2S2. The van der Waals surface area contributed by atoms with Crippen molar-refractivity contribution < 1.29 is 8.42 Å². The average molecular weight is 329 g/mol. The lowest BCUT2D eigenvalue weighted by atomic mass is 10.2. The van der Waals surface area contributed by atoms with Crippen LogP contribution >= 0.6 is 11.3 Å². The normalized spacial score (nSPS) is 12.2. The van der Waals surface area contributed by atoms with Crippen LogP contribution in [0, 0.1) is 6.92 Å². The van der Waals surface area contributed by atoms with Crippen LogP contribution in [0.1, 0.15) is 30.1 Å². The quantitative estimate of drug-likeness (QED) is 0.707. The van der Waals surface area contributed by atoms with Gasteiger partial charge < -0.3 is 5.32 Å². The largest absolute Gasteiger partial charge is 0.310 e. The molecule has 0 amide bonds. The molecule has 0 spiro atoms. The molecule has 116 valence electrons. The molecule has 0 aromatic carbocycles. The van der Waals surface area contributed by atoms with Gasteiger partial charge in [-0.3, -0.25) is 5.10 Å². The Morgan fingerprint density at radius 3 is 2.76 bits per heavy atom. The second-order valence-corrected chi connectivity index (χ2v) is 7.58. The summed E-state index contributed by atoms with van der Waals surface area (Å²) in [5.74, 6) is 0. The van der Waals surface area contributed by atoms with Gasteiger partial charge in [-0.05, 0) is 6.92 Å². The predicted octanol–water partition coefficient (Wildman–Crippen LogP) is 1.15. The first-order valence-corrected chi connectivity index (χ1v) is 8.91. The fourth-order valence-electron chi connectivity index (χ4n) is 1.73. The topological polar surface area (TPSA) is 99.8 Å². The Kier molecular flexibility index (Phi) is 5.09. The SMILES string of the molecule is Cc1[nH]nc(S(=O)(=O)NCc2nccs2)c1CNC(C)C. The van der Waals surface area contributed by atoms with Gasteiger partial charge in [-0.1, -0.05) is 13.8 Å². The Morgan fingerprint density at radius 1 is 1.38 bits per heavy atom. The Labute approximate surface area is 128 Å². The van der Waals surface area contributed by atoms with Gasteiger partial charge in [-0.15, -0.1) is 11.3 Å². The van der Waals surface area contributed by atoms with Crippen LogP contribution in [0.15, 0.2) is 16.6 Å². The molecule has 0 aliphatic rings. The first-order chi connectivity index (χ1) is 9.90. The molecule has 2 aromatic heterocycles. The molecule has 7 nitrogen and oxygen atoms in total. The van der Waals surface area contributed by atoms with Crippen LogP contribution in [0.4, 0.5) is 0 Å². The highest BCUT2D eigenvalue weighted by molar-refractivity contribution is 7.89. The van der Waals surface area contributed by atoms with Crippen LogP contribution < -0.4 is 10.0 Å². The van der Waals surface area contributed by atoms with E-state index >= 15 is 0 Å². The molecule has 3 N–H and O–H groups in total. The van der Waals surface area contributed by atoms with Crippen LogP contribution in [0.3, 0.4) is 0 Å². The third-order valence-electron chi connectivity index (χ3n) is 2.87. The van der Waals surface area contributed by atoms with Gasteiger partial charge in [0.15, 0.2) is 5.03 Å². The first kappa shape index (κ1) is 16.1. The minimum absolute atomic E-state index is 0.0460. The number of hydrogen-bond acceptors (Lipinski definition) is 6. The summed E-state index contributed by atoms with van der Waals surface area (Å²) in [5.41, 5.74) is 1.41. The lowest BCUT2D eigenvalue weighted by molar-refractivity contribution is 0.564. The van der Waals surface area contributed by atoms with Gasteiger partial charge in [-0.25, -0.2) is 18.1 Å². The summed E-state index contributed by atoms with van der Waals surface area (Å²) in [6, 6.07) is 0.262. The highest BCUT2D eigenvalue weighted by atomic mass is 32.2. The second kappa shape index (κ2) is 6.65. The lowest BCUT2D eigenvalue weighted by Crippen LogP contribution is -2.27. The predicted molar refractivity (Wildman–Crippen MR) is 81.4 cm³/mol. The van der Waals surface area contributed by atoms with Crippen LogP contribution in [0.5, 0.6) is 0 Å². The van der Waals surface area contributed by atoms with Gasteiger partial charge in [0.1, 0.15) is 5.01 Å². The number of H-pyrrole nitrogens is 1. The number of aromatic amines is 1. The summed E-state index contributed by atoms with van der Waals surface area (Å²) in [7, 11) is -3.66. The number of thiazole rings is 1. The van der Waals surface area contributed by atoms with Gasteiger partial charge in [-0.2, -0.15) is 5.10 Å². The van der Waals surface area contributed by atoms with E-state index in [1.54, 1.807) is 11.6 Å². The molecule has 0 saturated carbocycles. The standard InChI is InChI=1S/C12H19N5O2S2/c1-8(2)14-6-10-9(3)16-17-12(10)21(18,19)15-7-11-13-4-5-20-11/h4-5,8,14-15H,6-7H2,1-3H3,(H,16,17). The Hall–Kier alpha value is -1.29. The molecule has 0 radical (unpaired) electrons. The van der Waals surface area contributed by atoms with E-state index < -0.39 is 10.0 Å². The van der Waals surface area contributed by atoms with Crippen LogP contribution in [-0.4, -0.2) is 29.6 Å². The zero-order chi connectivity index (χ0) is 15.5. The molecule has 2 rings (SSSR count). The summed E-state index contributed by atoms with van der Waals surface area (Å²) >= 11 is 1.40. The smallest absolute Gasteiger partial charge is 0.260 e. The highest BCUT2D eigenvalue weighted by Crippen LogP contribution is 2.17. The summed E-state index contributed by atoms with van der Waals surface area (Å²) < 4.78 is 27.3. The molecule has 0 aliphatic heterocycles. The van der Waals surface area contributed by atoms with Crippen molar-refractivity contribution in [2.45, 2.75) is 44.9 Å². The monoisotopic (exact) mass is 329 g/mol. The van der Waals surface area contributed by atoms with Crippen molar-refractivity contribution in [2.75, 3.05) is 0 Å². The number of hydrogen-bond donors (Lipinski definition) is 3. The van der Waals surface area contributed by atoms with E-state index in [0.29, 0.717) is 17.1 Å². The Morgan fingerprint density at radius 2 is 2.14 bits per heavy atom. The molecule has 0 unspecified atom stereocenters. The number of rotatable bonds is 7. The highest BCUT2D eigenvalue weighted by Gasteiger charge is 2.23. The van der Waals surface area contributed by atoms with E-state index in [1.807, 2.05) is 20.8 Å². The molecule has 2 aromatic rings. The molecule has 21 heavy (non-hydrogen) atoms. The zero-order valence-corrected chi connectivity index (χ0v) is 13.8. The van der Waals surface area contributed by atoms with Crippen molar-refractivity contribution >= 4 is 21.4 Å². The third-order valence-corrected chi connectivity index (χ3v) is 5.03. The van der Waals surface area contributed by atoms with Gasteiger partial charge >= 0.3 is 0 Å². The van der Waals surface area contributed by atoms with Crippen LogP contribution in [0.25, 0.3) is 0 Å². The summed E-state index contributed by atoms with van der Waals surface area (Å²) in [6.45, 7) is 6.44. The summed E-state index contributed by atoms with van der Waals surface area (Å²) in [5, 5.41) is 12.4. The van der Waals surface area contributed by atoms with E-state index in [9.17, 15) is 8.42 Å². The van der Waals surface area contributed by atoms with Crippen LogP contribution in [-0.2, 0) is 23.1 Å². The van der Waals surface area contributed by atoms with Crippen molar-refractivity contribution in [3.05, 3.63) is 27.8 Å². The minimum Gasteiger partial charge on any atom is -0.310 e. The fourth-order valence-corrected chi connectivity index (χ4v) is 3.56. The van der Waals surface area contributed by atoms with Crippen LogP contribution in [0.2, 0.25) is 0 Å². The number of nitrogens with zero attached hydrogens (tertiary/aromatic N) is 2. The third kappa shape index (κ3) is 4.10. The molecule has 0 fully saturated rings. The molecule has 0 atom stereocenters. The van der Waals surface area contributed by atoms with Crippen molar-refractivity contribution in [3.8, 4) is 0 Å². The zero-order valence-electron chi connectivity index (χ0n) is 12.2. The molecule has 0 saturated heterocycles. The molecule has 0 aliphatic carbocycles. The first-order valence-electron chi connectivity index (χ1n) is 6.55. The van der Waals surface area contributed by atoms with E-state index in [4.69, 9.17) is 0 Å². The second-order valence-electron chi connectivity index (χ2n) is 4.92. The molecule has 9 heteroatoms. The maximum absolute atomic E-state index is 12.4. The summed E-state index contributed by atoms with van der Waals surface area (Å²) in [6.07, 6.45) is 1.64. The Bertz CT molecular complexity index is 677. The van der Waals surface area contributed by atoms with Crippen molar-refractivity contribution in [3.63, 3.8) is 0 Å². The maximum Gasteiger partial charge on any atom is 0.260 e. The molecule has 2 heterocycles. The Balaban J connectivity index is 2.15. The van der Waals surface area contributed by atoms with Gasteiger partial charge in [0.2, 0.25) is 0 Å². The van der Waals surface area contributed by atoms with E-state index in [0.717, 1.165) is 5.69 Å². The van der Waals surface area contributed by atoms with Gasteiger partial charge in [0, 0.05) is 35.4 Å². The van der Waals surface area contributed by atoms with E-state index in [2.05, 4.69) is 25.2 Å². The number of aryl methyl sites for hydroxylation is 1.